The summed E-state index contributed by atoms with van der Waals surface area (Å²) in [5.41, 5.74) is 5.28. The number of hydrogen-bond acceptors (Lipinski definition) is 4. The number of amides is 1. The number of carbonyl (C=O) groups is 1. The summed E-state index contributed by atoms with van der Waals surface area (Å²) in [4.78, 5) is 15.1. The van der Waals surface area contributed by atoms with Crippen LogP contribution in [0.25, 0.3) is 10.8 Å². The number of aromatic nitrogens is 1. The number of nitrogens with zero attached hydrogens (tertiary/aromatic N) is 1. The summed E-state index contributed by atoms with van der Waals surface area (Å²) in [6.07, 6.45) is 0. The summed E-state index contributed by atoms with van der Waals surface area (Å²) in [7, 11) is 0. The maximum Gasteiger partial charge on any atom is 0.267 e. The maximum absolute atomic E-state index is 11.1. The van der Waals surface area contributed by atoms with Crippen LogP contribution in [0.2, 0.25) is 0 Å². The van der Waals surface area contributed by atoms with Crippen LogP contribution in [-0.4, -0.2) is 16.0 Å². The minimum atomic E-state index is -0.636. The molecular weight excluding hydrogens is 268 g/mol. The van der Waals surface area contributed by atoms with Crippen molar-refractivity contribution < 1.29 is 14.6 Å². The predicted octanol–water partition coefficient (Wildman–Crippen LogP) is 2.83. The highest BCUT2D eigenvalue weighted by Crippen LogP contribution is 2.34. The lowest BCUT2D eigenvalue weighted by Gasteiger charge is -2.09. The lowest BCUT2D eigenvalue weighted by molar-refractivity contribution is 0.0995. The number of ether oxygens (including phenoxy) is 1. The zero-order valence-electron chi connectivity index (χ0n) is 11.0. The molecule has 0 bridgehead atoms. The van der Waals surface area contributed by atoms with Crippen LogP contribution >= 0.6 is 0 Å². The van der Waals surface area contributed by atoms with E-state index in [1.807, 2.05) is 24.3 Å². The Morgan fingerprint density at radius 1 is 1.05 bits per heavy atom. The Balaban J connectivity index is 1.99. The number of rotatable bonds is 3. The van der Waals surface area contributed by atoms with Gasteiger partial charge in [-0.05, 0) is 29.0 Å². The van der Waals surface area contributed by atoms with E-state index in [0.29, 0.717) is 0 Å². The monoisotopic (exact) mass is 280 g/mol. The molecule has 5 heteroatoms. The molecule has 0 spiro atoms. The number of phenols is 1. The van der Waals surface area contributed by atoms with Gasteiger partial charge < -0.3 is 15.6 Å². The zero-order chi connectivity index (χ0) is 14.8. The molecule has 5 nitrogen and oxygen atoms in total. The van der Waals surface area contributed by atoms with Crippen molar-refractivity contribution in [3.8, 4) is 17.4 Å². The van der Waals surface area contributed by atoms with Gasteiger partial charge in [-0.15, -0.1) is 0 Å². The molecule has 3 aromatic rings. The van der Waals surface area contributed by atoms with Gasteiger partial charge in [0.1, 0.15) is 5.69 Å². The van der Waals surface area contributed by atoms with Gasteiger partial charge in [-0.25, -0.2) is 4.98 Å². The Bertz CT molecular complexity index is 831. The molecule has 1 heterocycles. The van der Waals surface area contributed by atoms with E-state index in [1.165, 1.54) is 6.07 Å². The molecule has 0 saturated carbocycles. The number of phenolic OH excluding ortho intramolecular Hbond substituents is 1. The van der Waals surface area contributed by atoms with E-state index in [9.17, 15) is 9.90 Å². The highest BCUT2D eigenvalue weighted by atomic mass is 16.5. The lowest BCUT2D eigenvalue weighted by Crippen LogP contribution is -2.12. The van der Waals surface area contributed by atoms with Crippen LogP contribution < -0.4 is 10.5 Å². The van der Waals surface area contributed by atoms with Crippen molar-refractivity contribution in [3.05, 3.63) is 60.3 Å². The molecule has 104 valence electrons. The fourth-order valence-corrected chi connectivity index (χ4v) is 2.01. The fraction of sp³-hybridized carbons (Fsp3) is 0. The smallest absolute Gasteiger partial charge is 0.267 e. The third-order valence-electron chi connectivity index (χ3n) is 3.02. The van der Waals surface area contributed by atoms with E-state index in [-0.39, 0.29) is 23.1 Å². The maximum atomic E-state index is 11.1. The molecule has 0 aliphatic carbocycles. The van der Waals surface area contributed by atoms with E-state index in [2.05, 4.69) is 4.98 Å². The Labute approximate surface area is 120 Å². The standard InChI is InChI=1S/C16H12N2O3/c17-16(20)12-6-3-7-15(18-12)21-14-9-11-5-2-1-4-10(11)8-13(14)19/h1-9,19H,(H2,17,20). The van der Waals surface area contributed by atoms with Gasteiger partial charge >= 0.3 is 0 Å². The molecule has 0 unspecified atom stereocenters. The largest absolute Gasteiger partial charge is 0.504 e. The molecule has 0 aliphatic rings. The van der Waals surface area contributed by atoms with E-state index in [0.717, 1.165) is 10.8 Å². The topological polar surface area (TPSA) is 85.4 Å². The van der Waals surface area contributed by atoms with Crippen LogP contribution in [0.3, 0.4) is 0 Å². The van der Waals surface area contributed by atoms with Gasteiger partial charge in [0.05, 0.1) is 0 Å². The van der Waals surface area contributed by atoms with Crippen molar-refractivity contribution in [1.29, 1.82) is 0 Å². The number of hydrogen-bond donors (Lipinski definition) is 2. The molecule has 0 aliphatic heterocycles. The number of aromatic hydroxyl groups is 1. The minimum Gasteiger partial charge on any atom is -0.504 e. The molecule has 0 fully saturated rings. The van der Waals surface area contributed by atoms with Crippen LogP contribution in [0.5, 0.6) is 17.4 Å². The van der Waals surface area contributed by atoms with Crippen LogP contribution in [0.4, 0.5) is 0 Å². The third-order valence-corrected chi connectivity index (χ3v) is 3.02. The third kappa shape index (κ3) is 2.62. The summed E-state index contributed by atoms with van der Waals surface area (Å²) in [5, 5.41) is 11.8. The second kappa shape index (κ2) is 5.13. The predicted molar refractivity (Wildman–Crippen MR) is 78.4 cm³/mol. The number of pyridine rings is 1. The molecule has 2 aromatic carbocycles. The van der Waals surface area contributed by atoms with Gasteiger partial charge in [-0.1, -0.05) is 30.3 Å². The summed E-state index contributed by atoms with van der Waals surface area (Å²) in [6.45, 7) is 0. The second-order valence-corrected chi connectivity index (χ2v) is 4.49. The molecule has 0 saturated heterocycles. The molecule has 0 atom stereocenters. The normalized spacial score (nSPS) is 10.5. The highest BCUT2D eigenvalue weighted by molar-refractivity contribution is 5.90. The number of nitrogens with two attached hydrogens (primary N) is 1. The van der Waals surface area contributed by atoms with Crippen molar-refractivity contribution in [2.24, 2.45) is 5.73 Å². The van der Waals surface area contributed by atoms with Crippen molar-refractivity contribution in [1.82, 2.24) is 4.98 Å². The summed E-state index contributed by atoms with van der Waals surface area (Å²) in [5.74, 6) is -0.178. The van der Waals surface area contributed by atoms with Crippen LogP contribution in [0.15, 0.2) is 54.6 Å². The Hall–Kier alpha value is -3.08. The number of carbonyl (C=O) groups excluding carboxylic acids is 1. The number of fused-ring (bicyclic) bond motifs is 1. The molecule has 0 radical (unpaired) electrons. The van der Waals surface area contributed by atoms with E-state index < -0.39 is 5.91 Å². The lowest BCUT2D eigenvalue weighted by atomic mass is 10.1. The summed E-state index contributed by atoms with van der Waals surface area (Å²) in [6, 6.07) is 15.6. The number of benzene rings is 2. The first-order valence-electron chi connectivity index (χ1n) is 6.30. The van der Waals surface area contributed by atoms with E-state index in [4.69, 9.17) is 10.5 Å². The van der Waals surface area contributed by atoms with Crippen LogP contribution in [0, 0.1) is 0 Å². The molecule has 1 aromatic heterocycles. The van der Waals surface area contributed by atoms with Crippen molar-refractivity contribution in [2.45, 2.75) is 0 Å². The van der Waals surface area contributed by atoms with Gasteiger partial charge in [0, 0.05) is 6.07 Å². The Morgan fingerprint density at radius 3 is 2.48 bits per heavy atom. The molecule has 21 heavy (non-hydrogen) atoms. The van der Waals surface area contributed by atoms with E-state index >= 15 is 0 Å². The Kier molecular flexibility index (Phi) is 3.16. The van der Waals surface area contributed by atoms with Gasteiger partial charge in [-0.2, -0.15) is 0 Å². The fourth-order valence-electron chi connectivity index (χ4n) is 2.01. The summed E-state index contributed by atoms with van der Waals surface area (Å²) >= 11 is 0. The first-order valence-corrected chi connectivity index (χ1v) is 6.30. The molecule has 3 rings (SSSR count). The zero-order valence-corrected chi connectivity index (χ0v) is 11.0. The second-order valence-electron chi connectivity index (χ2n) is 4.49. The summed E-state index contributed by atoms with van der Waals surface area (Å²) < 4.78 is 5.54. The van der Waals surface area contributed by atoms with Crippen LogP contribution in [0.1, 0.15) is 10.5 Å². The quantitative estimate of drug-likeness (QED) is 0.772. The average molecular weight is 280 g/mol. The molecular formula is C16H12N2O3. The first kappa shape index (κ1) is 12.9. The minimum absolute atomic E-state index is 0.0000203. The first-order chi connectivity index (χ1) is 10.1. The van der Waals surface area contributed by atoms with Gasteiger partial charge in [0.2, 0.25) is 5.88 Å². The van der Waals surface area contributed by atoms with Crippen molar-refractivity contribution in [3.63, 3.8) is 0 Å². The van der Waals surface area contributed by atoms with Crippen molar-refractivity contribution in [2.75, 3.05) is 0 Å². The van der Waals surface area contributed by atoms with Gasteiger partial charge in [-0.3, -0.25) is 4.79 Å². The average Bonchev–Trinajstić information content (AvgIpc) is 2.48. The Morgan fingerprint density at radius 2 is 1.76 bits per heavy atom. The highest BCUT2D eigenvalue weighted by Gasteiger charge is 2.09. The van der Waals surface area contributed by atoms with Gasteiger partial charge in [0.15, 0.2) is 11.5 Å². The van der Waals surface area contributed by atoms with E-state index in [1.54, 1.807) is 24.3 Å². The van der Waals surface area contributed by atoms with Gasteiger partial charge in [0.25, 0.3) is 5.91 Å². The molecule has 3 N–H and O–H groups in total. The van der Waals surface area contributed by atoms with Crippen LogP contribution in [-0.2, 0) is 0 Å². The van der Waals surface area contributed by atoms with Crippen molar-refractivity contribution >= 4 is 16.7 Å². The number of primary amides is 1. The SMILES string of the molecule is NC(=O)c1cccc(Oc2cc3ccccc3cc2O)n1. The molecule has 1 amide bonds.